The van der Waals surface area contributed by atoms with Gasteiger partial charge in [0.05, 0.1) is 12.8 Å². The standard InChI is InChI=1S/C12H12N2O5S/c1-18-9(12(16)17)4-13-10(15)8-6-20-11(14-8)7-2-3-19-5-7/h2-3,5-6,9H,4H2,1H3,(H,13,15)(H,16,17). The van der Waals surface area contributed by atoms with Gasteiger partial charge in [-0.05, 0) is 6.07 Å². The lowest BCUT2D eigenvalue weighted by molar-refractivity contribution is -0.148. The van der Waals surface area contributed by atoms with Crippen molar-refractivity contribution in [3.05, 3.63) is 29.7 Å². The number of methoxy groups -OCH3 is 1. The monoisotopic (exact) mass is 296 g/mol. The molecule has 1 amide bonds. The van der Waals surface area contributed by atoms with E-state index in [1.165, 1.54) is 31.0 Å². The number of aromatic nitrogens is 1. The Hall–Kier alpha value is -2.19. The molecular weight excluding hydrogens is 284 g/mol. The van der Waals surface area contributed by atoms with E-state index in [4.69, 9.17) is 14.3 Å². The number of ether oxygens (including phenoxy) is 1. The van der Waals surface area contributed by atoms with Crippen LogP contribution in [-0.2, 0) is 9.53 Å². The van der Waals surface area contributed by atoms with Gasteiger partial charge >= 0.3 is 5.97 Å². The van der Waals surface area contributed by atoms with Gasteiger partial charge in [-0.3, -0.25) is 4.79 Å². The van der Waals surface area contributed by atoms with Crippen LogP contribution in [0.25, 0.3) is 10.6 Å². The van der Waals surface area contributed by atoms with Crippen molar-refractivity contribution in [1.82, 2.24) is 10.3 Å². The number of carboxylic acid groups (broad SMARTS) is 1. The lowest BCUT2D eigenvalue weighted by Crippen LogP contribution is -2.37. The molecule has 0 radical (unpaired) electrons. The zero-order chi connectivity index (χ0) is 14.5. The number of amides is 1. The number of rotatable bonds is 6. The van der Waals surface area contributed by atoms with Gasteiger partial charge in [0, 0.05) is 18.1 Å². The maximum atomic E-state index is 11.8. The van der Waals surface area contributed by atoms with Crippen LogP contribution in [0.15, 0.2) is 28.4 Å². The number of hydrogen-bond donors (Lipinski definition) is 2. The number of carbonyl (C=O) groups is 2. The van der Waals surface area contributed by atoms with Gasteiger partial charge in [-0.15, -0.1) is 11.3 Å². The third-order valence-electron chi connectivity index (χ3n) is 2.51. The van der Waals surface area contributed by atoms with Gasteiger partial charge < -0.3 is 19.6 Å². The molecule has 2 heterocycles. The van der Waals surface area contributed by atoms with Crippen molar-refractivity contribution in [3.63, 3.8) is 0 Å². The predicted octanol–water partition coefficient (Wildman–Crippen LogP) is 1.23. The summed E-state index contributed by atoms with van der Waals surface area (Å²) in [5, 5.41) is 13.5. The summed E-state index contributed by atoms with van der Waals surface area (Å²) in [5.41, 5.74) is 1.01. The molecular formula is C12H12N2O5S. The Bertz CT molecular complexity index is 593. The molecule has 0 fully saturated rings. The predicted molar refractivity (Wildman–Crippen MR) is 70.6 cm³/mol. The molecule has 106 valence electrons. The zero-order valence-corrected chi connectivity index (χ0v) is 11.3. The molecule has 20 heavy (non-hydrogen) atoms. The van der Waals surface area contributed by atoms with Crippen LogP contribution in [0, 0.1) is 0 Å². The fourth-order valence-corrected chi connectivity index (χ4v) is 2.23. The fraction of sp³-hybridized carbons (Fsp3) is 0.250. The Kier molecular flexibility index (Phi) is 4.49. The Morgan fingerprint density at radius 3 is 3.00 bits per heavy atom. The van der Waals surface area contributed by atoms with E-state index >= 15 is 0 Å². The van der Waals surface area contributed by atoms with Crippen molar-refractivity contribution in [2.24, 2.45) is 0 Å². The van der Waals surface area contributed by atoms with Crippen LogP contribution in [0.5, 0.6) is 0 Å². The highest BCUT2D eigenvalue weighted by Gasteiger charge is 2.19. The number of carbonyl (C=O) groups excluding carboxylic acids is 1. The first-order valence-electron chi connectivity index (χ1n) is 5.63. The minimum atomic E-state index is -1.13. The minimum Gasteiger partial charge on any atom is -0.479 e. The first kappa shape index (κ1) is 14.2. The maximum Gasteiger partial charge on any atom is 0.334 e. The van der Waals surface area contributed by atoms with Crippen LogP contribution in [0.1, 0.15) is 10.5 Å². The highest BCUT2D eigenvalue weighted by atomic mass is 32.1. The van der Waals surface area contributed by atoms with Crippen LogP contribution in [0.4, 0.5) is 0 Å². The molecule has 2 rings (SSSR count). The first-order chi connectivity index (χ1) is 9.61. The van der Waals surface area contributed by atoms with Crippen LogP contribution in [-0.4, -0.2) is 41.7 Å². The molecule has 2 aromatic heterocycles. The zero-order valence-electron chi connectivity index (χ0n) is 10.5. The molecule has 7 nitrogen and oxygen atoms in total. The van der Waals surface area contributed by atoms with Gasteiger partial charge in [0.1, 0.15) is 17.0 Å². The Morgan fingerprint density at radius 2 is 2.40 bits per heavy atom. The smallest absolute Gasteiger partial charge is 0.334 e. The number of hydrogen-bond acceptors (Lipinski definition) is 6. The SMILES string of the molecule is COC(CNC(=O)c1csc(-c2ccoc2)n1)C(=O)O. The van der Waals surface area contributed by atoms with Crippen molar-refractivity contribution < 1.29 is 23.8 Å². The van der Waals surface area contributed by atoms with Crippen molar-refractivity contribution in [2.75, 3.05) is 13.7 Å². The highest BCUT2D eigenvalue weighted by Crippen LogP contribution is 2.23. The maximum absolute atomic E-state index is 11.8. The van der Waals surface area contributed by atoms with Gasteiger partial charge in [0.25, 0.3) is 5.91 Å². The molecule has 2 aromatic rings. The van der Waals surface area contributed by atoms with E-state index in [1.807, 2.05) is 0 Å². The summed E-state index contributed by atoms with van der Waals surface area (Å²) in [7, 11) is 1.27. The summed E-state index contributed by atoms with van der Waals surface area (Å²) in [6.45, 7) is -0.122. The van der Waals surface area contributed by atoms with Crippen LogP contribution >= 0.6 is 11.3 Å². The topological polar surface area (TPSA) is 102 Å². The molecule has 2 N–H and O–H groups in total. The number of aliphatic carboxylic acids is 1. The van der Waals surface area contributed by atoms with E-state index in [9.17, 15) is 9.59 Å². The number of furan rings is 1. The fourth-order valence-electron chi connectivity index (χ4n) is 1.44. The Labute approximate surface area is 118 Å². The van der Waals surface area contributed by atoms with Crippen molar-refractivity contribution in [3.8, 4) is 10.6 Å². The van der Waals surface area contributed by atoms with Gasteiger partial charge in [0.15, 0.2) is 6.10 Å². The summed E-state index contributed by atoms with van der Waals surface area (Å²) in [6, 6.07) is 1.74. The van der Waals surface area contributed by atoms with E-state index in [1.54, 1.807) is 11.4 Å². The second-order valence-electron chi connectivity index (χ2n) is 3.82. The second kappa shape index (κ2) is 6.31. The summed E-state index contributed by atoms with van der Waals surface area (Å²) < 4.78 is 9.66. The Morgan fingerprint density at radius 1 is 1.60 bits per heavy atom. The van der Waals surface area contributed by atoms with Gasteiger partial charge in [-0.1, -0.05) is 0 Å². The number of thiazole rings is 1. The van der Waals surface area contributed by atoms with E-state index in [2.05, 4.69) is 10.3 Å². The normalized spacial score (nSPS) is 12.1. The van der Waals surface area contributed by atoms with Crippen LogP contribution < -0.4 is 5.32 Å². The van der Waals surface area contributed by atoms with Gasteiger partial charge in [-0.2, -0.15) is 0 Å². The quantitative estimate of drug-likeness (QED) is 0.831. The minimum absolute atomic E-state index is 0.122. The summed E-state index contributed by atoms with van der Waals surface area (Å²) in [4.78, 5) is 26.7. The Balaban J connectivity index is 1.98. The van der Waals surface area contributed by atoms with Gasteiger partial charge in [0.2, 0.25) is 0 Å². The van der Waals surface area contributed by atoms with E-state index in [0.717, 1.165) is 5.56 Å². The van der Waals surface area contributed by atoms with E-state index < -0.39 is 18.0 Å². The largest absolute Gasteiger partial charge is 0.479 e. The third-order valence-corrected chi connectivity index (χ3v) is 3.40. The lowest BCUT2D eigenvalue weighted by atomic mass is 10.3. The molecule has 0 spiro atoms. The summed E-state index contributed by atoms with van der Waals surface area (Å²) in [5.74, 6) is -1.58. The average Bonchev–Trinajstić information content (AvgIpc) is 3.09. The molecule has 1 atom stereocenters. The van der Waals surface area contributed by atoms with Crippen LogP contribution in [0.3, 0.4) is 0 Å². The summed E-state index contributed by atoms with van der Waals surface area (Å²) >= 11 is 1.30. The molecule has 8 heteroatoms. The second-order valence-corrected chi connectivity index (χ2v) is 4.68. The van der Waals surface area contributed by atoms with E-state index in [0.29, 0.717) is 5.01 Å². The third kappa shape index (κ3) is 3.22. The van der Waals surface area contributed by atoms with Gasteiger partial charge in [-0.25, -0.2) is 9.78 Å². The first-order valence-corrected chi connectivity index (χ1v) is 6.51. The summed E-state index contributed by atoms with van der Waals surface area (Å²) in [6.07, 6.45) is 1.98. The van der Waals surface area contributed by atoms with Crippen molar-refractivity contribution in [2.45, 2.75) is 6.10 Å². The molecule has 0 bridgehead atoms. The number of nitrogens with zero attached hydrogens (tertiary/aromatic N) is 1. The van der Waals surface area contributed by atoms with E-state index in [-0.39, 0.29) is 12.2 Å². The number of nitrogens with one attached hydrogen (secondary N) is 1. The molecule has 0 aromatic carbocycles. The molecule has 0 aliphatic carbocycles. The average molecular weight is 296 g/mol. The molecule has 0 aliphatic heterocycles. The molecule has 0 aliphatic rings. The van der Waals surface area contributed by atoms with Crippen molar-refractivity contribution >= 4 is 23.2 Å². The molecule has 0 saturated heterocycles. The molecule has 1 unspecified atom stereocenters. The lowest BCUT2D eigenvalue weighted by Gasteiger charge is -2.10. The highest BCUT2D eigenvalue weighted by molar-refractivity contribution is 7.13. The van der Waals surface area contributed by atoms with Crippen LogP contribution in [0.2, 0.25) is 0 Å². The molecule has 0 saturated carbocycles. The number of carboxylic acids is 1. The van der Waals surface area contributed by atoms with Crippen molar-refractivity contribution in [1.29, 1.82) is 0 Å².